The summed E-state index contributed by atoms with van der Waals surface area (Å²) in [4.78, 5) is 0. The summed E-state index contributed by atoms with van der Waals surface area (Å²) in [6, 6.07) is 6.19. The van der Waals surface area contributed by atoms with Gasteiger partial charge in [-0.15, -0.1) is 0 Å². The van der Waals surface area contributed by atoms with Crippen LogP contribution in [0.5, 0.6) is 5.75 Å². The predicted octanol–water partition coefficient (Wildman–Crippen LogP) is 4.54. The first-order valence-corrected chi connectivity index (χ1v) is 8.09. The van der Waals surface area contributed by atoms with Crippen LogP contribution >= 0.6 is 0 Å². The van der Waals surface area contributed by atoms with Crippen molar-refractivity contribution in [3.8, 4) is 5.75 Å². The minimum atomic E-state index is -0.364. The summed E-state index contributed by atoms with van der Waals surface area (Å²) in [5.74, 6) is 1.75. The van der Waals surface area contributed by atoms with E-state index in [2.05, 4.69) is 26.0 Å². The first-order chi connectivity index (χ1) is 9.62. The quantitative estimate of drug-likeness (QED) is 0.814. The van der Waals surface area contributed by atoms with Crippen LogP contribution in [0.3, 0.4) is 0 Å². The fraction of sp³-hybridized carbons (Fsp3) is 0.667. The Bertz CT molecular complexity index is 482. The number of aryl methyl sites for hydroxylation is 1. The molecule has 1 aliphatic carbocycles. The van der Waals surface area contributed by atoms with E-state index in [1.807, 2.05) is 6.07 Å². The molecule has 0 saturated heterocycles. The van der Waals surface area contributed by atoms with Crippen molar-refractivity contribution in [3.05, 3.63) is 29.3 Å². The summed E-state index contributed by atoms with van der Waals surface area (Å²) in [6.07, 6.45) is 7.64. The highest BCUT2D eigenvalue weighted by Crippen LogP contribution is 2.46. The molecule has 20 heavy (non-hydrogen) atoms. The van der Waals surface area contributed by atoms with Crippen molar-refractivity contribution in [2.45, 2.75) is 70.5 Å². The van der Waals surface area contributed by atoms with Gasteiger partial charge in [0.1, 0.15) is 11.4 Å². The Morgan fingerprint density at radius 1 is 1.30 bits per heavy atom. The Labute approximate surface area is 122 Å². The van der Waals surface area contributed by atoms with Crippen LogP contribution in [-0.4, -0.2) is 10.7 Å². The Kier molecular flexibility index (Phi) is 3.76. The normalized spacial score (nSPS) is 33.4. The lowest BCUT2D eigenvalue weighted by atomic mass is 9.82. The van der Waals surface area contributed by atoms with E-state index in [1.165, 1.54) is 31.2 Å². The van der Waals surface area contributed by atoms with Gasteiger partial charge in [0.25, 0.3) is 0 Å². The SMILES string of the molecule is CCC1CCCC2(CC1)C[C@H](O)c1cc(C)ccc1O2. The average molecular weight is 274 g/mol. The third kappa shape index (κ3) is 2.58. The van der Waals surface area contributed by atoms with Crippen molar-refractivity contribution in [1.82, 2.24) is 0 Å². The molecule has 1 heterocycles. The van der Waals surface area contributed by atoms with Crippen LogP contribution in [0.1, 0.15) is 69.1 Å². The summed E-state index contributed by atoms with van der Waals surface area (Å²) >= 11 is 0. The molecule has 3 rings (SSSR count). The Morgan fingerprint density at radius 3 is 2.95 bits per heavy atom. The fourth-order valence-electron chi connectivity index (χ4n) is 3.92. The average Bonchev–Trinajstić information content (AvgIpc) is 2.62. The van der Waals surface area contributed by atoms with Crippen LogP contribution in [0.25, 0.3) is 0 Å². The fourth-order valence-corrected chi connectivity index (χ4v) is 3.92. The van der Waals surface area contributed by atoms with Crippen molar-refractivity contribution < 1.29 is 9.84 Å². The van der Waals surface area contributed by atoms with Gasteiger partial charge < -0.3 is 9.84 Å². The van der Waals surface area contributed by atoms with Crippen LogP contribution in [0, 0.1) is 12.8 Å². The van der Waals surface area contributed by atoms with Crippen LogP contribution in [0.15, 0.2) is 18.2 Å². The molecule has 0 radical (unpaired) electrons. The van der Waals surface area contributed by atoms with E-state index < -0.39 is 0 Å². The maximum absolute atomic E-state index is 10.5. The molecule has 0 aromatic heterocycles. The Balaban J connectivity index is 1.85. The van der Waals surface area contributed by atoms with E-state index >= 15 is 0 Å². The van der Waals surface area contributed by atoms with E-state index in [4.69, 9.17) is 4.74 Å². The monoisotopic (exact) mass is 274 g/mol. The van der Waals surface area contributed by atoms with E-state index in [9.17, 15) is 5.11 Å². The largest absolute Gasteiger partial charge is 0.487 e. The number of rotatable bonds is 1. The number of ether oxygens (including phenoxy) is 1. The van der Waals surface area contributed by atoms with E-state index in [-0.39, 0.29) is 11.7 Å². The van der Waals surface area contributed by atoms with Crippen LogP contribution in [0.4, 0.5) is 0 Å². The van der Waals surface area contributed by atoms with Crippen LogP contribution < -0.4 is 4.74 Å². The third-order valence-electron chi connectivity index (χ3n) is 5.25. The van der Waals surface area contributed by atoms with Crippen molar-refractivity contribution >= 4 is 0 Å². The molecular weight excluding hydrogens is 248 g/mol. The number of aliphatic hydroxyl groups is 1. The van der Waals surface area contributed by atoms with Gasteiger partial charge in [-0.25, -0.2) is 0 Å². The molecule has 1 fully saturated rings. The van der Waals surface area contributed by atoms with Gasteiger partial charge in [0.05, 0.1) is 6.10 Å². The highest BCUT2D eigenvalue weighted by atomic mass is 16.5. The molecular formula is C18H26O2. The molecule has 2 aliphatic rings. The summed E-state index contributed by atoms with van der Waals surface area (Å²) in [5, 5.41) is 10.5. The minimum absolute atomic E-state index is 0.119. The molecule has 0 bridgehead atoms. The highest BCUT2D eigenvalue weighted by molar-refractivity contribution is 5.40. The van der Waals surface area contributed by atoms with Gasteiger partial charge in [-0.05, 0) is 50.7 Å². The first-order valence-electron chi connectivity index (χ1n) is 8.09. The molecule has 1 aromatic rings. The number of hydrogen-bond acceptors (Lipinski definition) is 2. The van der Waals surface area contributed by atoms with Gasteiger partial charge in [0.15, 0.2) is 0 Å². The molecule has 1 aliphatic heterocycles. The zero-order chi connectivity index (χ0) is 14.2. The van der Waals surface area contributed by atoms with E-state index in [0.29, 0.717) is 0 Å². The highest BCUT2D eigenvalue weighted by Gasteiger charge is 2.41. The topological polar surface area (TPSA) is 29.5 Å². The zero-order valence-corrected chi connectivity index (χ0v) is 12.7. The molecule has 1 spiro atoms. The lowest BCUT2D eigenvalue weighted by molar-refractivity contribution is -0.0251. The first kappa shape index (κ1) is 13.9. The number of aliphatic hydroxyl groups excluding tert-OH is 1. The van der Waals surface area contributed by atoms with Gasteiger partial charge in [0, 0.05) is 12.0 Å². The molecule has 2 unspecified atom stereocenters. The molecule has 110 valence electrons. The second-order valence-corrected chi connectivity index (χ2v) is 6.75. The minimum Gasteiger partial charge on any atom is -0.487 e. The summed E-state index contributed by atoms with van der Waals surface area (Å²) in [7, 11) is 0. The van der Waals surface area contributed by atoms with Crippen molar-refractivity contribution in [2.24, 2.45) is 5.92 Å². The Hall–Kier alpha value is -1.02. The molecule has 1 aromatic carbocycles. The van der Waals surface area contributed by atoms with Crippen LogP contribution in [0.2, 0.25) is 0 Å². The standard InChI is InChI=1S/C18H26O2/c1-3-14-5-4-9-18(10-8-14)12-16(19)15-11-13(2)6-7-17(15)20-18/h6-7,11,14,16,19H,3-5,8-10,12H2,1-2H3/t14?,16-,18?/m0/s1. The number of benzene rings is 1. The molecule has 3 atom stereocenters. The molecule has 1 N–H and O–H groups in total. The van der Waals surface area contributed by atoms with Gasteiger partial charge in [-0.2, -0.15) is 0 Å². The summed E-state index contributed by atoms with van der Waals surface area (Å²) < 4.78 is 6.40. The molecule has 2 nitrogen and oxygen atoms in total. The van der Waals surface area contributed by atoms with E-state index in [1.54, 1.807) is 0 Å². The number of fused-ring (bicyclic) bond motifs is 1. The zero-order valence-electron chi connectivity index (χ0n) is 12.7. The summed E-state index contributed by atoms with van der Waals surface area (Å²) in [6.45, 7) is 4.35. The molecule has 0 amide bonds. The van der Waals surface area contributed by atoms with Gasteiger partial charge in [-0.3, -0.25) is 0 Å². The van der Waals surface area contributed by atoms with E-state index in [0.717, 1.165) is 36.5 Å². The predicted molar refractivity (Wildman–Crippen MR) is 81.0 cm³/mol. The van der Waals surface area contributed by atoms with Crippen molar-refractivity contribution in [1.29, 1.82) is 0 Å². The van der Waals surface area contributed by atoms with Gasteiger partial charge in [0.2, 0.25) is 0 Å². The second-order valence-electron chi connectivity index (χ2n) is 6.75. The molecule has 2 heteroatoms. The number of hydrogen-bond donors (Lipinski definition) is 1. The smallest absolute Gasteiger partial charge is 0.125 e. The third-order valence-corrected chi connectivity index (χ3v) is 5.25. The maximum atomic E-state index is 10.5. The lowest BCUT2D eigenvalue weighted by Crippen LogP contribution is -2.40. The van der Waals surface area contributed by atoms with Crippen molar-refractivity contribution in [2.75, 3.05) is 0 Å². The lowest BCUT2D eigenvalue weighted by Gasteiger charge is -2.40. The second kappa shape index (κ2) is 5.40. The maximum Gasteiger partial charge on any atom is 0.125 e. The van der Waals surface area contributed by atoms with Crippen molar-refractivity contribution in [3.63, 3.8) is 0 Å². The Morgan fingerprint density at radius 2 is 2.15 bits per heavy atom. The molecule has 1 saturated carbocycles. The van der Waals surface area contributed by atoms with Gasteiger partial charge in [-0.1, -0.05) is 31.4 Å². The van der Waals surface area contributed by atoms with Gasteiger partial charge >= 0.3 is 0 Å². The summed E-state index contributed by atoms with van der Waals surface area (Å²) in [5.41, 5.74) is 2.05. The van der Waals surface area contributed by atoms with Crippen LogP contribution in [-0.2, 0) is 0 Å².